The zero-order valence-electron chi connectivity index (χ0n) is 17.5. The van der Waals surface area contributed by atoms with Crippen molar-refractivity contribution in [1.29, 1.82) is 0 Å². The summed E-state index contributed by atoms with van der Waals surface area (Å²) < 4.78 is 13.4. The van der Waals surface area contributed by atoms with Crippen LogP contribution in [-0.2, 0) is 11.3 Å². The lowest BCUT2D eigenvalue weighted by Crippen LogP contribution is -2.29. The van der Waals surface area contributed by atoms with Crippen molar-refractivity contribution in [3.05, 3.63) is 76.8 Å². The number of carbonyl (C=O) groups is 1. The maximum Gasteiger partial charge on any atom is 0.335 e. The fourth-order valence-electron chi connectivity index (χ4n) is 3.40. The van der Waals surface area contributed by atoms with Crippen LogP contribution in [0.4, 0.5) is 5.69 Å². The largest absolute Gasteiger partial charge is 0.497 e. The first-order valence-corrected chi connectivity index (χ1v) is 9.67. The molecule has 0 radical (unpaired) electrons. The third-order valence-corrected chi connectivity index (χ3v) is 4.97. The molecule has 2 aromatic heterocycles. The molecule has 4 rings (SSSR count). The third-order valence-electron chi connectivity index (χ3n) is 4.97. The number of hydrogen-bond donors (Lipinski definition) is 1. The number of pyridine rings is 1. The summed E-state index contributed by atoms with van der Waals surface area (Å²) in [5, 5.41) is 2.80. The number of rotatable bonds is 6. The number of amides is 1. The lowest BCUT2D eigenvalue weighted by Gasteiger charge is -2.12. The van der Waals surface area contributed by atoms with E-state index in [1.165, 1.54) is 16.2 Å². The minimum absolute atomic E-state index is 0.172. The molecule has 8 nitrogen and oxygen atoms in total. The van der Waals surface area contributed by atoms with Crippen molar-refractivity contribution in [3.63, 3.8) is 0 Å². The molecule has 0 saturated heterocycles. The summed E-state index contributed by atoms with van der Waals surface area (Å²) in [6.07, 6.45) is 1.62. The second-order valence-corrected chi connectivity index (χ2v) is 7.00. The second-order valence-electron chi connectivity index (χ2n) is 7.00. The molecule has 1 N–H and O–H groups in total. The maximum absolute atomic E-state index is 13.2. The molecule has 0 aliphatic rings. The average molecular weight is 418 g/mol. The van der Waals surface area contributed by atoms with E-state index in [9.17, 15) is 9.59 Å². The Kier molecular flexibility index (Phi) is 5.44. The number of carbonyl (C=O) groups excluding carboxylic acids is 1. The zero-order valence-corrected chi connectivity index (χ0v) is 17.5. The normalized spacial score (nSPS) is 10.8. The van der Waals surface area contributed by atoms with Gasteiger partial charge in [0.2, 0.25) is 5.91 Å². The summed E-state index contributed by atoms with van der Waals surface area (Å²) in [5.74, 6) is 0.708. The van der Waals surface area contributed by atoms with Gasteiger partial charge in [-0.15, -0.1) is 0 Å². The molecule has 0 atom stereocenters. The molecule has 0 aliphatic carbocycles. The van der Waals surface area contributed by atoms with E-state index in [-0.39, 0.29) is 18.1 Å². The van der Waals surface area contributed by atoms with Gasteiger partial charge in [0.05, 0.1) is 31.1 Å². The van der Waals surface area contributed by atoms with Crippen LogP contribution < -0.4 is 20.5 Å². The van der Waals surface area contributed by atoms with Crippen molar-refractivity contribution in [2.75, 3.05) is 19.5 Å². The van der Waals surface area contributed by atoms with Gasteiger partial charge in [0.1, 0.15) is 18.0 Å². The molecule has 2 heterocycles. The van der Waals surface area contributed by atoms with Gasteiger partial charge in [0.25, 0.3) is 0 Å². The summed E-state index contributed by atoms with van der Waals surface area (Å²) in [7, 11) is 3.06. The van der Waals surface area contributed by atoms with Crippen molar-refractivity contribution in [3.8, 4) is 17.2 Å². The van der Waals surface area contributed by atoms with E-state index in [1.807, 2.05) is 31.2 Å². The van der Waals surface area contributed by atoms with Crippen LogP contribution in [0.5, 0.6) is 11.5 Å². The van der Waals surface area contributed by atoms with E-state index in [0.29, 0.717) is 34.0 Å². The maximum atomic E-state index is 13.2. The fourth-order valence-corrected chi connectivity index (χ4v) is 3.40. The Morgan fingerprint density at radius 1 is 1.06 bits per heavy atom. The van der Waals surface area contributed by atoms with Gasteiger partial charge in [-0.3, -0.25) is 9.36 Å². The topological polar surface area (TPSA) is 87.4 Å². The Morgan fingerprint density at radius 2 is 1.84 bits per heavy atom. The monoisotopic (exact) mass is 418 g/mol. The van der Waals surface area contributed by atoms with E-state index in [1.54, 1.807) is 43.6 Å². The van der Waals surface area contributed by atoms with E-state index in [0.717, 1.165) is 5.56 Å². The highest BCUT2D eigenvalue weighted by molar-refractivity contribution is 5.93. The standard InChI is InChI=1S/C23H22N4O4/c1-15-6-8-16(9-7-15)27-22-19(5-4-12-24-22)26(23(27)29)14-21(28)25-18-11-10-17(30-2)13-20(18)31-3/h4-13H,14H2,1-3H3,(H,25,28). The minimum Gasteiger partial charge on any atom is -0.497 e. The number of ether oxygens (including phenoxy) is 2. The van der Waals surface area contributed by atoms with Crippen LogP contribution >= 0.6 is 0 Å². The molecule has 2 aromatic carbocycles. The second kappa shape index (κ2) is 8.35. The van der Waals surface area contributed by atoms with Gasteiger partial charge in [0.15, 0.2) is 5.65 Å². The van der Waals surface area contributed by atoms with Crippen LogP contribution in [-0.4, -0.2) is 34.2 Å². The number of aryl methyl sites for hydroxylation is 1. The van der Waals surface area contributed by atoms with Gasteiger partial charge in [-0.25, -0.2) is 14.3 Å². The molecule has 158 valence electrons. The Hall–Kier alpha value is -4.07. The molecule has 0 saturated carbocycles. The van der Waals surface area contributed by atoms with E-state index >= 15 is 0 Å². The fraction of sp³-hybridized carbons (Fsp3) is 0.174. The van der Waals surface area contributed by atoms with E-state index < -0.39 is 0 Å². The predicted molar refractivity (Wildman–Crippen MR) is 118 cm³/mol. The Balaban J connectivity index is 1.69. The van der Waals surface area contributed by atoms with Gasteiger partial charge in [0, 0.05) is 12.3 Å². The Morgan fingerprint density at radius 3 is 2.55 bits per heavy atom. The first kappa shape index (κ1) is 20.2. The number of nitrogens with zero attached hydrogens (tertiary/aromatic N) is 3. The summed E-state index contributed by atoms with van der Waals surface area (Å²) >= 11 is 0. The first-order valence-electron chi connectivity index (χ1n) is 9.67. The highest BCUT2D eigenvalue weighted by Gasteiger charge is 2.18. The van der Waals surface area contributed by atoms with Gasteiger partial charge < -0.3 is 14.8 Å². The van der Waals surface area contributed by atoms with E-state index in [4.69, 9.17) is 9.47 Å². The molecule has 1 amide bonds. The predicted octanol–water partition coefficient (Wildman–Crippen LogP) is 3.15. The van der Waals surface area contributed by atoms with Crippen molar-refractivity contribution < 1.29 is 14.3 Å². The molecule has 8 heteroatoms. The summed E-state index contributed by atoms with van der Waals surface area (Å²) in [4.78, 5) is 30.4. The third kappa shape index (κ3) is 3.87. The molecule has 0 spiro atoms. The van der Waals surface area contributed by atoms with Crippen molar-refractivity contribution >= 4 is 22.8 Å². The molecule has 0 bridgehead atoms. The molecule has 0 fully saturated rings. The molecule has 4 aromatic rings. The molecular formula is C23H22N4O4. The number of aromatic nitrogens is 3. The molecule has 0 aliphatic heterocycles. The summed E-state index contributed by atoms with van der Waals surface area (Å²) in [6, 6.07) is 16.2. The summed E-state index contributed by atoms with van der Waals surface area (Å²) in [6.45, 7) is 1.81. The highest BCUT2D eigenvalue weighted by atomic mass is 16.5. The number of fused-ring (bicyclic) bond motifs is 1. The van der Waals surface area contributed by atoms with Crippen LogP contribution in [0.3, 0.4) is 0 Å². The number of nitrogens with one attached hydrogen (secondary N) is 1. The van der Waals surface area contributed by atoms with Crippen LogP contribution in [0.15, 0.2) is 65.6 Å². The van der Waals surface area contributed by atoms with Crippen LogP contribution in [0.1, 0.15) is 5.56 Å². The van der Waals surface area contributed by atoms with Crippen molar-refractivity contribution in [2.45, 2.75) is 13.5 Å². The lowest BCUT2D eigenvalue weighted by molar-refractivity contribution is -0.116. The van der Waals surface area contributed by atoms with Crippen molar-refractivity contribution in [1.82, 2.24) is 14.1 Å². The van der Waals surface area contributed by atoms with Crippen LogP contribution in [0, 0.1) is 6.92 Å². The van der Waals surface area contributed by atoms with Crippen LogP contribution in [0.2, 0.25) is 0 Å². The SMILES string of the molecule is COc1ccc(NC(=O)Cn2c(=O)n(-c3ccc(C)cc3)c3ncccc32)c(OC)c1. The average Bonchev–Trinajstić information content (AvgIpc) is 3.06. The quantitative estimate of drug-likeness (QED) is 0.520. The Bertz CT molecular complexity index is 1310. The lowest BCUT2D eigenvalue weighted by atomic mass is 10.2. The number of methoxy groups -OCH3 is 2. The zero-order chi connectivity index (χ0) is 22.0. The summed E-state index contributed by atoms with van der Waals surface area (Å²) in [5.41, 5.74) is 2.99. The van der Waals surface area contributed by atoms with E-state index in [2.05, 4.69) is 10.3 Å². The van der Waals surface area contributed by atoms with Gasteiger partial charge in [-0.1, -0.05) is 17.7 Å². The van der Waals surface area contributed by atoms with Crippen LogP contribution in [0.25, 0.3) is 16.9 Å². The van der Waals surface area contributed by atoms with Gasteiger partial charge in [-0.2, -0.15) is 0 Å². The Labute approximate surface area is 178 Å². The number of benzene rings is 2. The molecular weight excluding hydrogens is 396 g/mol. The number of anilines is 1. The van der Waals surface area contributed by atoms with Crippen molar-refractivity contribution in [2.24, 2.45) is 0 Å². The smallest absolute Gasteiger partial charge is 0.335 e. The number of hydrogen-bond acceptors (Lipinski definition) is 5. The molecule has 31 heavy (non-hydrogen) atoms. The van der Waals surface area contributed by atoms with Gasteiger partial charge in [-0.05, 0) is 43.3 Å². The van der Waals surface area contributed by atoms with Gasteiger partial charge >= 0.3 is 5.69 Å². The minimum atomic E-state index is -0.364. The first-order chi connectivity index (χ1) is 15.0. The molecule has 0 unspecified atom stereocenters. The highest BCUT2D eigenvalue weighted by Crippen LogP contribution is 2.29. The number of imidazole rings is 1.